The Labute approximate surface area is 185 Å². The standard InChI is InChI=1S/C25H23N5O2/c1-16-7-9-21(26-14-16)18-8-10-22-19(11-18)12-20(32-22)15-27-24(31)13-23-28-25(30-29-23)17-5-3-2-4-6-17/h2-11,14,20H,12-13,15H2,1H3,(H,27,31)(H,28,29,30). The van der Waals surface area contributed by atoms with E-state index in [0.717, 1.165) is 40.1 Å². The Morgan fingerprint density at radius 2 is 2.00 bits per heavy atom. The van der Waals surface area contributed by atoms with Gasteiger partial charge in [-0.15, -0.1) is 0 Å². The summed E-state index contributed by atoms with van der Waals surface area (Å²) in [6.07, 6.45) is 2.66. The Balaban J connectivity index is 1.15. The highest BCUT2D eigenvalue weighted by Gasteiger charge is 2.24. The SMILES string of the molecule is Cc1ccc(-c2ccc3c(c2)CC(CNC(=O)Cc2nc(-c4ccccc4)n[nH]2)O3)nc1. The normalized spacial score (nSPS) is 14.6. The van der Waals surface area contributed by atoms with Crippen LogP contribution in [0.15, 0.2) is 66.9 Å². The molecule has 1 unspecified atom stereocenters. The molecule has 5 rings (SSSR count). The van der Waals surface area contributed by atoms with Gasteiger partial charge in [-0.2, -0.15) is 5.10 Å². The number of nitrogens with zero attached hydrogens (tertiary/aromatic N) is 3. The topological polar surface area (TPSA) is 92.8 Å². The summed E-state index contributed by atoms with van der Waals surface area (Å²) in [4.78, 5) is 21.3. The molecule has 32 heavy (non-hydrogen) atoms. The Hall–Kier alpha value is -4.00. The average molecular weight is 425 g/mol. The number of rotatable bonds is 6. The van der Waals surface area contributed by atoms with Crippen LogP contribution in [-0.4, -0.2) is 38.7 Å². The van der Waals surface area contributed by atoms with Crippen molar-refractivity contribution >= 4 is 5.91 Å². The number of aryl methyl sites for hydroxylation is 1. The molecule has 0 bridgehead atoms. The fourth-order valence-corrected chi connectivity index (χ4v) is 3.77. The minimum Gasteiger partial charge on any atom is -0.488 e. The third-order valence-electron chi connectivity index (χ3n) is 5.43. The average Bonchev–Trinajstić information content (AvgIpc) is 3.45. The molecule has 2 N–H and O–H groups in total. The number of aromatic nitrogens is 4. The summed E-state index contributed by atoms with van der Waals surface area (Å²) in [6.45, 7) is 2.46. The van der Waals surface area contributed by atoms with Crippen LogP contribution in [0, 0.1) is 6.92 Å². The number of hydrogen-bond acceptors (Lipinski definition) is 5. The molecule has 1 amide bonds. The van der Waals surface area contributed by atoms with E-state index in [4.69, 9.17) is 4.74 Å². The summed E-state index contributed by atoms with van der Waals surface area (Å²) >= 11 is 0. The van der Waals surface area contributed by atoms with E-state index in [1.54, 1.807) is 0 Å². The third kappa shape index (κ3) is 4.37. The zero-order valence-electron chi connectivity index (χ0n) is 17.7. The quantitative estimate of drug-likeness (QED) is 0.493. The van der Waals surface area contributed by atoms with Crippen LogP contribution < -0.4 is 10.1 Å². The van der Waals surface area contributed by atoms with Crippen molar-refractivity contribution in [2.45, 2.75) is 25.9 Å². The molecular weight excluding hydrogens is 402 g/mol. The van der Waals surface area contributed by atoms with E-state index in [2.05, 4.69) is 37.6 Å². The van der Waals surface area contributed by atoms with E-state index >= 15 is 0 Å². The minimum atomic E-state index is -0.120. The van der Waals surface area contributed by atoms with Gasteiger partial charge in [-0.3, -0.25) is 14.9 Å². The molecule has 0 spiro atoms. The second kappa shape index (κ2) is 8.63. The Morgan fingerprint density at radius 1 is 1.12 bits per heavy atom. The van der Waals surface area contributed by atoms with Gasteiger partial charge in [0, 0.05) is 23.7 Å². The van der Waals surface area contributed by atoms with Crippen LogP contribution in [0.4, 0.5) is 0 Å². The van der Waals surface area contributed by atoms with Crippen LogP contribution in [0.2, 0.25) is 0 Å². The molecule has 2 aromatic heterocycles. The first-order valence-corrected chi connectivity index (χ1v) is 10.6. The van der Waals surface area contributed by atoms with Crippen molar-refractivity contribution in [3.05, 3.63) is 83.8 Å². The molecule has 3 heterocycles. The van der Waals surface area contributed by atoms with Gasteiger partial charge in [0.25, 0.3) is 0 Å². The lowest BCUT2D eigenvalue weighted by Gasteiger charge is -2.11. The summed E-state index contributed by atoms with van der Waals surface area (Å²) < 4.78 is 6.01. The van der Waals surface area contributed by atoms with Crippen LogP contribution >= 0.6 is 0 Å². The Bertz CT molecular complexity index is 1230. The first kappa shape index (κ1) is 19.9. The van der Waals surface area contributed by atoms with Gasteiger partial charge < -0.3 is 10.1 Å². The fourth-order valence-electron chi connectivity index (χ4n) is 3.77. The summed E-state index contributed by atoms with van der Waals surface area (Å²) in [6, 6.07) is 19.9. The number of hydrogen-bond donors (Lipinski definition) is 2. The zero-order chi connectivity index (χ0) is 21.9. The largest absolute Gasteiger partial charge is 0.488 e. The van der Waals surface area contributed by atoms with Crippen molar-refractivity contribution in [3.8, 4) is 28.4 Å². The summed E-state index contributed by atoms with van der Waals surface area (Å²) in [7, 11) is 0. The number of ether oxygens (including phenoxy) is 1. The lowest BCUT2D eigenvalue weighted by atomic mass is 10.0. The highest BCUT2D eigenvalue weighted by Crippen LogP contribution is 2.32. The maximum Gasteiger partial charge on any atom is 0.227 e. The number of H-pyrrole nitrogens is 1. The molecule has 7 nitrogen and oxygen atoms in total. The Kier molecular flexibility index (Phi) is 5.37. The van der Waals surface area contributed by atoms with Crippen molar-refractivity contribution in [1.29, 1.82) is 0 Å². The molecule has 0 radical (unpaired) electrons. The third-order valence-corrected chi connectivity index (χ3v) is 5.43. The van der Waals surface area contributed by atoms with E-state index < -0.39 is 0 Å². The zero-order valence-corrected chi connectivity index (χ0v) is 17.7. The van der Waals surface area contributed by atoms with Crippen molar-refractivity contribution in [1.82, 2.24) is 25.5 Å². The number of nitrogens with one attached hydrogen (secondary N) is 2. The number of aromatic amines is 1. The van der Waals surface area contributed by atoms with Crippen LogP contribution in [0.5, 0.6) is 5.75 Å². The second-order valence-corrected chi connectivity index (χ2v) is 7.94. The van der Waals surface area contributed by atoms with Gasteiger partial charge in [-0.05, 0) is 42.3 Å². The van der Waals surface area contributed by atoms with E-state index in [1.807, 2.05) is 61.7 Å². The maximum absolute atomic E-state index is 12.4. The van der Waals surface area contributed by atoms with E-state index in [9.17, 15) is 4.79 Å². The van der Waals surface area contributed by atoms with Gasteiger partial charge in [0.1, 0.15) is 17.7 Å². The number of carbonyl (C=O) groups excluding carboxylic acids is 1. The van der Waals surface area contributed by atoms with Gasteiger partial charge in [0.15, 0.2) is 5.82 Å². The molecule has 4 aromatic rings. The van der Waals surface area contributed by atoms with Gasteiger partial charge >= 0.3 is 0 Å². The predicted molar refractivity (Wildman–Crippen MR) is 121 cm³/mol. The predicted octanol–water partition coefficient (Wildman–Crippen LogP) is 3.50. The van der Waals surface area contributed by atoms with Crippen LogP contribution in [0.3, 0.4) is 0 Å². The molecule has 0 aliphatic carbocycles. The smallest absolute Gasteiger partial charge is 0.227 e. The van der Waals surface area contributed by atoms with Crippen molar-refractivity contribution in [3.63, 3.8) is 0 Å². The second-order valence-electron chi connectivity index (χ2n) is 7.94. The fraction of sp³-hybridized carbons (Fsp3) is 0.200. The molecule has 0 saturated carbocycles. The first-order chi connectivity index (χ1) is 15.6. The summed E-state index contributed by atoms with van der Waals surface area (Å²) in [5.74, 6) is 1.86. The number of fused-ring (bicyclic) bond motifs is 1. The van der Waals surface area contributed by atoms with E-state index in [1.165, 1.54) is 0 Å². The highest BCUT2D eigenvalue weighted by atomic mass is 16.5. The summed E-state index contributed by atoms with van der Waals surface area (Å²) in [5.41, 5.74) is 5.18. The van der Waals surface area contributed by atoms with E-state index in [0.29, 0.717) is 18.2 Å². The highest BCUT2D eigenvalue weighted by molar-refractivity contribution is 5.78. The number of amides is 1. The molecule has 2 aromatic carbocycles. The lowest BCUT2D eigenvalue weighted by molar-refractivity contribution is -0.120. The molecule has 1 aliphatic rings. The van der Waals surface area contributed by atoms with Crippen molar-refractivity contribution < 1.29 is 9.53 Å². The summed E-state index contributed by atoms with van der Waals surface area (Å²) in [5, 5.41) is 9.99. The molecule has 7 heteroatoms. The molecule has 1 aliphatic heterocycles. The number of pyridine rings is 1. The van der Waals surface area contributed by atoms with Crippen LogP contribution in [0.1, 0.15) is 17.0 Å². The van der Waals surface area contributed by atoms with Crippen LogP contribution in [-0.2, 0) is 17.6 Å². The Morgan fingerprint density at radius 3 is 2.81 bits per heavy atom. The van der Waals surface area contributed by atoms with Gasteiger partial charge in [-0.25, -0.2) is 4.98 Å². The van der Waals surface area contributed by atoms with Crippen molar-refractivity contribution in [2.75, 3.05) is 6.54 Å². The van der Waals surface area contributed by atoms with Gasteiger partial charge in [-0.1, -0.05) is 36.4 Å². The lowest BCUT2D eigenvalue weighted by Crippen LogP contribution is -2.35. The molecule has 1 atom stereocenters. The molecule has 160 valence electrons. The first-order valence-electron chi connectivity index (χ1n) is 10.6. The maximum atomic E-state index is 12.4. The van der Waals surface area contributed by atoms with E-state index in [-0.39, 0.29) is 18.4 Å². The van der Waals surface area contributed by atoms with Crippen molar-refractivity contribution in [2.24, 2.45) is 0 Å². The number of benzene rings is 2. The monoisotopic (exact) mass is 425 g/mol. The number of carbonyl (C=O) groups is 1. The van der Waals surface area contributed by atoms with Gasteiger partial charge in [0.05, 0.1) is 18.7 Å². The molecular formula is C25H23N5O2. The molecule has 0 fully saturated rings. The van der Waals surface area contributed by atoms with Crippen LogP contribution in [0.25, 0.3) is 22.6 Å². The minimum absolute atomic E-state index is 0.0928. The van der Waals surface area contributed by atoms with Gasteiger partial charge in [0.2, 0.25) is 5.91 Å². The molecule has 0 saturated heterocycles.